The van der Waals surface area contributed by atoms with Crippen molar-refractivity contribution >= 4 is 28.4 Å². The number of amides is 1. The van der Waals surface area contributed by atoms with E-state index in [9.17, 15) is 4.79 Å². The van der Waals surface area contributed by atoms with Crippen molar-refractivity contribution in [2.24, 2.45) is 7.05 Å². The van der Waals surface area contributed by atoms with Crippen molar-refractivity contribution in [1.29, 1.82) is 0 Å². The third-order valence-corrected chi connectivity index (χ3v) is 5.20. The van der Waals surface area contributed by atoms with Gasteiger partial charge in [-0.15, -0.1) is 0 Å². The molecule has 1 aromatic heterocycles. The average molecular weight is 369 g/mol. The fraction of sp³-hybridized carbons (Fsp3) is 0.318. The summed E-state index contributed by atoms with van der Waals surface area (Å²) in [6.07, 6.45) is 3.45. The Morgan fingerprint density at radius 1 is 1.19 bits per heavy atom. The highest BCUT2D eigenvalue weighted by Crippen LogP contribution is 2.35. The molecule has 3 nitrogen and oxygen atoms in total. The lowest BCUT2D eigenvalue weighted by atomic mass is 9.88. The average Bonchev–Trinajstić information content (AvgIpc) is 2.96. The van der Waals surface area contributed by atoms with Gasteiger partial charge >= 0.3 is 0 Å². The molecule has 26 heavy (non-hydrogen) atoms. The lowest BCUT2D eigenvalue weighted by Crippen LogP contribution is -2.33. The Hall–Kier alpha value is -2.26. The van der Waals surface area contributed by atoms with E-state index in [0.29, 0.717) is 11.4 Å². The molecule has 136 valence electrons. The largest absolute Gasteiger partial charge is 0.354 e. The van der Waals surface area contributed by atoms with Crippen molar-refractivity contribution in [2.45, 2.75) is 38.6 Å². The summed E-state index contributed by atoms with van der Waals surface area (Å²) >= 11 is 6.24. The van der Waals surface area contributed by atoms with Gasteiger partial charge in [-0.05, 0) is 42.7 Å². The number of carbonyl (C=O) groups excluding carboxylic acids is 1. The first kappa shape index (κ1) is 18.5. The number of carbonyl (C=O) groups is 1. The van der Waals surface area contributed by atoms with E-state index in [2.05, 4.69) is 41.2 Å². The van der Waals surface area contributed by atoms with E-state index in [1.165, 1.54) is 5.39 Å². The molecule has 0 aliphatic rings. The van der Waals surface area contributed by atoms with E-state index < -0.39 is 0 Å². The van der Waals surface area contributed by atoms with E-state index >= 15 is 0 Å². The summed E-state index contributed by atoms with van der Waals surface area (Å²) < 4.78 is 2.12. The number of fused-ring (bicyclic) bond motifs is 1. The standard InChI is InChI=1S/C22H25ClN2O/c1-4-15(2)24-22(26)13-19(16-8-7-9-17(23)12-16)20-14-25(3)21-11-6-5-10-18(20)21/h5-12,14-15,19H,4,13H2,1-3H3,(H,24,26). The van der Waals surface area contributed by atoms with Crippen molar-refractivity contribution in [3.8, 4) is 0 Å². The molecule has 3 rings (SSSR count). The molecule has 0 saturated heterocycles. The summed E-state index contributed by atoms with van der Waals surface area (Å²) in [4.78, 5) is 12.6. The third kappa shape index (κ3) is 3.94. The summed E-state index contributed by atoms with van der Waals surface area (Å²) in [5.41, 5.74) is 3.38. The van der Waals surface area contributed by atoms with Crippen LogP contribution in [0.4, 0.5) is 0 Å². The molecule has 0 bridgehead atoms. The summed E-state index contributed by atoms with van der Waals surface area (Å²) in [5, 5.41) is 4.96. The van der Waals surface area contributed by atoms with Crippen LogP contribution in [0.3, 0.4) is 0 Å². The second kappa shape index (κ2) is 7.96. The minimum atomic E-state index is -0.0381. The molecule has 0 aliphatic carbocycles. The van der Waals surface area contributed by atoms with E-state index in [0.717, 1.165) is 23.1 Å². The van der Waals surface area contributed by atoms with Gasteiger partial charge in [0.2, 0.25) is 5.91 Å². The lowest BCUT2D eigenvalue weighted by molar-refractivity contribution is -0.121. The molecule has 0 fully saturated rings. The molecule has 0 radical (unpaired) electrons. The molecule has 1 N–H and O–H groups in total. The number of hydrogen-bond acceptors (Lipinski definition) is 1. The molecule has 3 aromatic rings. The van der Waals surface area contributed by atoms with E-state index in [1.807, 2.05) is 44.3 Å². The second-order valence-corrected chi connectivity index (χ2v) is 7.34. The summed E-state index contributed by atoms with van der Waals surface area (Å²) in [5.74, 6) is 0.0288. The number of rotatable bonds is 6. The summed E-state index contributed by atoms with van der Waals surface area (Å²) in [6.45, 7) is 4.11. The van der Waals surface area contributed by atoms with Gasteiger partial charge in [0.1, 0.15) is 0 Å². The van der Waals surface area contributed by atoms with E-state index in [-0.39, 0.29) is 17.9 Å². The van der Waals surface area contributed by atoms with Crippen LogP contribution in [0.2, 0.25) is 5.02 Å². The molecular weight excluding hydrogens is 344 g/mol. The van der Waals surface area contributed by atoms with E-state index in [4.69, 9.17) is 11.6 Å². The van der Waals surface area contributed by atoms with Gasteiger partial charge in [-0.3, -0.25) is 4.79 Å². The summed E-state index contributed by atoms with van der Waals surface area (Å²) in [7, 11) is 2.04. The fourth-order valence-electron chi connectivity index (χ4n) is 3.40. The van der Waals surface area contributed by atoms with Crippen LogP contribution in [-0.2, 0) is 11.8 Å². The fourth-order valence-corrected chi connectivity index (χ4v) is 3.60. The topological polar surface area (TPSA) is 34.0 Å². The van der Waals surface area contributed by atoms with Crippen LogP contribution in [0, 0.1) is 0 Å². The maximum atomic E-state index is 12.6. The van der Waals surface area contributed by atoms with Gasteiger partial charge in [0.05, 0.1) is 0 Å². The highest BCUT2D eigenvalue weighted by atomic mass is 35.5. The minimum absolute atomic E-state index is 0.0381. The van der Waals surface area contributed by atoms with Crippen LogP contribution in [0.15, 0.2) is 54.7 Å². The van der Waals surface area contributed by atoms with Gasteiger partial charge < -0.3 is 9.88 Å². The Morgan fingerprint density at radius 2 is 1.96 bits per heavy atom. The number of halogens is 1. The Bertz CT molecular complexity index is 915. The zero-order valence-electron chi connectivity index (χ0n) is 15.5. The molecule has 4 heteroatoms. The van der Waals surface area contributed by atoms with Crippen LogP contribution in [0.1, 0.15) is 43.7 Å². The Labute approximate surface area is 160 Å². The van der Waals surface area contributed by atoms with Crippen molar-refractivity contribution in [3.05, 3.63) is 70.9 Å². The Balaban J connectivity index is 2.04. The number of aryl methyl sites for hydroxylation is 1. The minimum Gasteiger partial charge on any atom is -0.354 e. The number of hydrogen-bond donors (Lipinski definition) is 1. The normalized spacial score (nSPS) is 13.5. The molecule has 2 aromatic carbocycles. The predicted molar refractivity (Wildman–Crippen MR) is 109 cm³/mol. The molecule has 2 unspecified atom stereocenters. The van der Waals surface area contributed by atoms with Crippen LogP contribution in [0.25, 0.3) is 10.9 Å². The number of nitrogens with one attached hydrogen (secondary N) is 1. The zero-order chi connectivity index (χ0) is 18.7. The predicted octanol–water partition coefficient (Wildman–Crippen LogP) is 5.27. The highest BCUT2D eigenvalue weighted by molar-refractivity contribution is 6.30. The number of para-hydroxylation sites is 1. The quantitative estimate of drug-likeness (QED) is 0.632. The molecule has 0 spiro atoms. The molecule has 1 heterocycles. The lowest BCUT2D eigenvalue weighted by Gasteiger charge is -2.19. The van der Waals surface area contributed by atoms with Gasteiger partial charge in [-0.25, -0.2) is 0 Å². The van der Waals surface area contributed by atoms with Crippen LogP contribution >= 0.6 is 11.6 Å². The Morgan fingerprint density at radius 3 is 2.69 bits per heavy atom. The monoisotopic (exact) mass is 368 g/mol. The molecule has 0 aliphatic heterocycles. The molecule has 0 saturated carbocycles. The maximum absolute atomic E-state index is 12.6. The number of benzene rings is 2. The molecule has 2 atom stereocenters. The molecular formula is C22H25ClN2O. The smallest absolute Gasteiger partial charge is 0.221 e. The first-order valence-electron chi connectivity index (χ1n) is 9.08. The number of aromatic nitrogens is 1. The zero-order valence-corrected chi connectivity index (χ0v) is 16.3. The van der Waals surface area contributed by atoms with Crippen molar-refractivity contribution in [3.63, 3.8) is 0 Å². The van der Waals surface area contributed by atoms with Crippen molar-refractivity contribution in [1.82, 2.24) is 9.88 Å². The second-order valence-electron chi connectivity index (χ2n) is 6.90. The first-order valence-corrected chi connectivity index (χ1v) is 9.46. The van der Waals surface area contributed by atoms with E-state index in [1.54, 1.807) is 0 Å². The van der Waals surface area contributed by atoms with Crippen molar-refractivity contribution in [2.75, 3.05) is 0 Å². The van der Waals surface area contributed by atoms with Gasteiger partial charge in [0, 0.05) is 47.6 Å². The van der Waals surface area contributed by atoms with Crippen LogP contribution in [-0.4, -0.2) is 16.5 Å². The number of nitrogens with zero attached hydrogens (tertiary/aromatic N) is 1. The SMILES string of the molecule is CCC(C)NC(=O)CC(c1cccc(Cl)c1)c1cn(C)c2ccccc12. The van der Waals surface area contributed by atoms with Gasteiger partial charge in [0.15, 0.2) is 0 Å². The highest BCUT2D eigenvalue weighted by Gasteiger charge is 2.23. The Kier molecular flexibility index (Phi) is 5.67. The van der Waals surface area contributed by atoms with Gasteiger partial charge in [0.25, 0.3) is 0 Å². The van der Waals surface area contributed by atoms with Crippen LogP contribution in [0.5, 0.6) is 0 Å². The first-order chi connectivity index (χ1) is 12.5. The van der Waals surface area contributed by atoms with Gasteiger partial charge in [-0.1, -0.05) is 48.9 Å². The van der Waals surface area contributed by atoms with Crippen molar-refractivity contribution < 1.29 is 4.79 Å². The summed E-state index contributed by atoms with van der Waals surface area (Å²) in [6, 6.07) is 16.3. The third-order valence-electron chi connectivity index (χ3n) is 4.96. The van der Waals surface area contributed by atoms with Crippen LogP contribution < -0.4 is 5.32 Å². The molecule has 1 amide bonds. The maximum Gasteiger partial charge on any atom is 0.221 e. The van der Waals surface area contributed by atoms with Gasteiger partial charge in [-0.2, -0.15) is 0 Å².